The summed E-state index contributed by atoms with van der Waals surface area (Å²) < 4.78 is 10.8. The molecule has 4 nitrogen and oxygen atoms in total. The van der Waals surface area contributed by atoms with Crippen molar-refractivity contribution in [2.75, 3.05) is 19.0 Å². The molecule has 1 N–H and O–H groups in total. The molecule has 0 radical (unpaired) electrons. The maximum Gasteiger partial charge on any atom is 0.248 e. The van der Waals surface area contributed by atoms with Gasteiger partial charge in [0.1, 0.15) is 0 Å². The van der Waals surface area contributed by atoms with E-state index < -0.39 is 0 Å². The molecular weight excluding hydrogens is 314 g/mol. The fourth-order valence-corrected chi connectivity index (χ4v) is 2.60. The highest BCUT2D eigenvalue weighted by atomic mass is 16.5. The first-order chi connectivity index (χ1) is 12.1. The highest BCUT2D eigenvalue weighted by Crippen LogP contribution is 2.28. The van der Waals surface area contributed by atoms with Crippen LogP contribution < -0.4 is 14.8 Å². The van der Waals surface area contributed by atoms with Gasteiger partial charge in [-0.2, -0.15) is 0 Å². The molecule has 0 saturated heterocycles. The predicted molar refractivity (Wildman–Crippen MR) is 102 cm³/mol. The summed E-state index contributed by atoms with van der Waals surface area (Å²) in [6.07, 6.45) is 4.16. The van der Waals surface area contributed by atoms with E-state index in [-0.39, 0.29) is 5.91 Å². The number of ether oxygens (including phenoxy) is 2. The van der Waals surface area contributed by atoms with Crippen LogP contribution in [0.4, 0.5) is 5.69 Å². The topological polar surface area (TPSA) is 47.6 Å². The van der Waals surface area contributed by atoms with E-state index >= 15 is 0 Å². The summed E-state index contributed by atoms with van der Waals surface area (Å²) in [5.41, 5.74) is 3.95. The average molecular weight is 339 g/mol. The third kappa shape index (κ3) is 4.86. The fraction of sp³-hybridized carbons (Fsp3) is 0.286. The van der Waals surface area contributed by atoms with Gasteiger partial charge in [-0.25, -0.2) is 0 Å². The van der Waals surface area contributed by atoms with Crippen molar-refractivity contribution in [2.24, 2.45) is 0 Å². The van der Waals surface area contributed by atoms with Gasteiger partial charge in [-0.15, -0.1) is 0 Å². The normalized spacial score (nSPS) is 10.7. The van der Waals surface area contributed by atoms with E-state index in [0.29, 0.717) is 18.1 Å². The Morgan fingerprint density at radius 2 is 1.96 bits per heavy atom. The smallest absolute Gasteiger partial charge is 0.248 e. The zero-order chi connectivity index (χ0) is 18.2. The van der Waals surface area contributed by atoms with Gasteiger partial charge in [0, 0.05) is 11.8 Å². The van der Waals surface area contributed by atoms with E-state index in [1.807, 2.05) is 50.2 Å². The lowest BCUT2D eigenvalue weighted by molar-refractivity contribution is -0.111. The van der Waals surface area contributed by atoms with Gasteiger partial charge in [0.05, 0.1) is 13.7 Å². The van der Waals surface area contributed by atoms with Gasteiger partial charge in [-0.05, 0) is 55.2 Å². The van der Waals surface area contributed by atoms with Crippen LogP contribution in [-0.4, -0.2) is 19.6 Å². The molecule has 2 aromatic carbocycles. The number of amides is 1. The third-order valence-electron chi connectivity index (χ3n) is 3.90. The minimum Gasteiger partial charge on any atom is -0.493 e. The van der Waals surface area contributed by atoms with E-state index in [0.717, 1.165) is 28.8 Å². The molecule has 0 aromatic heterocycles. The van der Waals surface area contributed by atoms with Crippen LogP contribution in [0.25, 0.3) is 6.08 Å². The van der Waals surface area contributed by atoms with Crippen LogP contribution in [0, 0.1) is 6.92 Å². The van der Waals surface area contributed by atoms with Crippen molar-refractivity contribution < 1.29 is 14.3 Å². The van der Waals surface area contributed by atoms with Crippen LogP contribution in [0.1, 0.15) is 30.5 Å². The van der Waals surface area contributed by atoms with Gasteiger partial charge in [-0.3, -0.25) is 4.79 Å². The van der Waals surface area contributed by atoms with Crippen molar-refractivity contribution in [2.45, 2.75) is 27.2 Å². The van der Waals surface area contributed by atoms with Gasteiger partial charge in [0.25, 0.3) is 0 Å². The summed E-state index contributed by atoms with van der Waals surface area (Å²) >= 11 is 0. The average Bonchev–Trinajstić information content (AvgIpc) is 2.62. The summed E-state index contributed by atoms with van der Waals surface area (Å²) in [4.78, 5) is 12.3. The van der Waals surface area contributed by atoms with E-state index in [1.54, 1.807) is 13.2 Å². The number of benzene rings is 2. The van der Waals surface area contributed by atoms with Gasteiger partial charge in [0.15, 0.2) is 11.5 Å². The van der Waals surface area contributed by atoms with Crippen LogP contribution >= 0.6 is 0 Å². The number of hydrogen-bond donors (Lipinski definition) is 1. The molecule has 2 rings (SSSR count). The Bertz CT molecular complexity index is 766. The molecule has 0 unspecified atom stereocenters. The first kappa shape index (κ1) is 18.6. The van der Waals surface area contributed by atoms with Gasteiger partial charge < -0.3 is 14.8 Å². The van der Waals surface area contributed by atoms with Crippen molar-refractivity contribution in [3.8, 4) is 11.5 Å². The lowest BCUT2D eigenvalue weighted by atomic mass is 10.1. The number of para-hydroxylation sites is 1. The molecule has 0 atom stereocenters. The molecule has 0 fully saturated rings. The molecule has 0 aliphatic carbocycles. The van der Waals surface area contributed by atoms with E-state index in [1.165, 1.54) is 6.08 Å². The van der Waals surface area contributed by atoms with Gasteiger partial charge in [0.2, 0.25) is 5.91 Å². The Kier molecular flexibility index (Phi) is 6.63. The predicted octanol–water partition coefficient (Wildman–Crippen LogP) is 4.62. The van der Waals surface area contributed by atoms with Gasteiger partial charge >= 0.3 is 0 Å². The molecule has 1 amide bonds. The number of rotatable bonds is 7. The fourth-order valence-electron chi connectivity index (χ4n) is 2.60. The van der Waals surface area contributed by atoms with Crippen LogP contribution in [0.5, 0.6) is 11.5 Å². The number of methoxy groups -OCH3 is 1. The van der Waals surface area contributed by atoms with Crippen molar-refractivity contribution >= 4 is 17.7 Å². The third-order valence-corrected chi connectivity index (χ3v) is 3.90. The standard InChI is InChI=1S/C21H25NO3/c1-5-17-9-7-8-15(3)21(17)22-20(23)13-11-16-10-12-18(25-6-2)19(14-16)24-4/h7-14H,5-6H2,1-4H3,(H,22,23). The summed E-state index contributed by atoms with van der Waals surface area (Å²) in [6, 6.07) is 11.6. The van der Waals surface area contributed by atoms with Crippen LogP contribution in [0.15, 0.2) is 42.5 Å². The highest BCUT2D eigenvalue weighted by Gasteiger charge is 2.07. The number of carbonyl (C=O) groups is 1. The first-order valence-corrected chi connectivity index (χ1v) is 8.47. The van der Waals surface area contributed by atoms with Crippen molar-refractivity contribution in [1.29, 1.82) is 0 Å². The van der Waals surface area contributed by atoms with E-state index in [9.17, 15) is 4.79 Å². The second-order valence-electron chi connectivity index (χ2n) is 5.63. The minimum absolute atomic E-state index is 0.156. The highest BCUT2D eigenvalue weighted by molar-refractivity contribution is 6.02. The second kappa shape index (κ2) is 8.92. The summed E-state index contributed by atoms with van der Waals surface area (Å²) in [7, 11) is 1.60. The van der Waals surface area contributed by atoms with Crippen molar-refractivity contribution in [1.82, 2.24) is 0 Å². The monoisotopic (exact) mass is 339 g/mol. The Balaban J connectivity index is 2.13. The molecule has 0 bridgehead atoms. The van der Waals surface area contributed by atoms with Crippen molar-refractivity contribution in [3.63, 3.8) is 0 Å². The summed E-state index contributed by atoms with van der Waals surface area (Å²) in [5.74, 6) is 1.19. The maximum absolute atomic E-state index is 12.3. The molecule has 0 spiro atoms. The number of carbonyl (C=O) groups excluding carboxylic acids is 1. The minimum atomic E-state index is -0.156. The largest absolute Gasteiger partial charge is 0.493 e. The molecule has 0 heterocycles. The molecule has 25 heavy (non-hydrogen) atoms. The first-order valence-electron chi connectivity index (χ1n) is 8.47. The number of hydrogen-bond acceptors (Lipinski definition) is 3. The van der Waals surface area contributed by atoms with Crippen molar-refractivity contribution in [3.05, 3.63) is 59.2 Å². The van der Waals surface area contributed by atoms with Gasteiger partial charge in [-0.1, -0.05) is 31.2 Å². The lowest BCUT2D eigenvalue weighted by Gasteiger charge is -2.11. The molecule has 0 aliphatic rings. The lowest BCUT2D eigenvalue weighted by Crippen LogP contribution is -2.11. The Hall–Kier alpha value is -2.75. The van der Waals surface area contributed by atoms with Crippen LogP contribution in [0.2, 0.25) is 0 Å². The molecule has 132 valence electrons. The van der Waals surface area contributed by atoms with E-state index in [4.69, 9.17) is 9.47 Å². The molecule has 4 heteroatoms. The number of anilines is 1. The molecule has 2 aromatic rings. The molecule has 0 saturated carbocycles. The Morgan fingerprint density at radius 1 is 1.16 bits per heavy atom. The summed E-state index contributed by atoms with van der Waals surface area (Å²) in [5, 5.41) is 2.98. The Labute approximate surface area is 149 Å². The number of nitrogens with one attached hydrogen (secondary N) is 1. The van der Waals surface area contributed by atoms with E-state index in [2.05, 4.69) is 12.2 Å². The van der Waals surface area contributed by atoms with Crippen LogP contribution in [-0.2, 0) is 11.2 Å². The Morgan fingerprint density at radius 3 is 2.64 bits per heavy atom. The molecule has 0 aliphatic heterocycles. The molecular formula is C21H25NO3. The zero-order valence-corrected chi connectivity index (χ0v) is 15.3. The maximum atomic E-state index is 12.3. The quantitative estimate of drug-likeness (QED) is 0.749. The summed E-state index contributed by atoms with van der Waals surface area (Å²) in [6.45, 7) is 6.57. The van der Waals surface area contributed by atoms with Crippen LogP contribution in [0.3, 0.4) is 0 Å². The zero-order valence-electron chi connectivity index (χ0n) is 15.3. The number of aryl methyl sites for hydroxylation is 2. The second-order valence-corrected chi connectivity index (χ2v) is 5.63. The SMILES string of the molecule is CCOc1ccc(C=CC(=O)Nc2c(C)cccc2CC)cc1OC.